The van der Waals surface area contributed by atoms with E-state index >= 15 is 0 Å². The maximum atomic E-state index is 10.4. The minimum atomic E-state index is 0.690. The van der Waals surface area contributed by atoms with Crippen LogP contribution in [0.15, 0.2) is 40.9 Å². The van der Waals surface area contributed by atoms with E-state index < -0.39 is 0 Å². The summed E-state index contributed by atoms with van der Waals surface area (Å²) >= 11 is 3.47. The first kappa shape index (κ1) is 9.21. The summed E-state index contributed by atoms with van der Waals surface area (Å²) in [4.78, 5) is 10.4. The number of halogens is 1. The Morgan fingerprint density at radius 2 is 1.79 bits per heavy atom. The Morgan fingerprint density at radius 1 is 1.07 bits per heavy atom. The van der Waals surface area contributed by atoms with Gasteiger partial charge in [0.2, 0.25) is 6.41 Å². The van der Waals surface area contributed by atoms with Crippen molar-refractivity contribution in [2.45, 2.75) is 0 Å². The van der Waals surface area contributed by atoms with Crippen LogP contribution in [-0.4, -0.2) is 6.41 Å². The van der Waals surface area contributed by atoms with Crippen molar-refractivity contribution in [3.05, 3.63) is 40.9 Å². The average Bonchev–Trinajstić information content (AvgIpc) is 2.23. The van der Waals surface area contributed by atoms with Gasteiger partial charge >= 0.3 is 0 Å². The Morgan fingerprint density at radius 3 is 2.50 bits per heavy atom. The quantitative estimate of drug-likeness (QED) is 0.815. The molecule has 0 saturated carbocycles. The number of anilines is 1. The highest BCUT2D eigenvalue weighted by atomic mass is 79.9. The summed E-state index contributed by atoms with van der Waals surface area (Å²) in [5, 5.41) is 4.81. The van der Waals surface area contributed by atoms with Crippen molar-refractivity contribution in [3.63, 3.8) is 0 Å². The zero-order chi connectivity index (χ0) is 9.97. The van der Waals surface area contributed by atoms with Gasteiger partial charge < -0.3 is 5.32 Å². The second-order valence-electron chi connectivity index (χ2n) is 2.90. The van der Waals surface area contributed by atoms with Gasteiger partial charge in [-0.2, -0.15) is 0 Å². The highest BCUT2D eigenvalue weighted by Gasteiger charge is 2.02. The monoisotopic (exact) mass is 249 g/mol. The second-order valence-corrected chi connectivity index (χ2v) is 3.76. The molecule has 0 aromatic heterocycles. The van der Waals surface area contributed by atoms with E-state index in [-0.39, 0.29) is 0 Å². The van der Waals surface area contributed by atoms with Crippen LogP contribution in [0.4, 0.5) is 5.69 Å². The number of benzene rings is 2. The Balaban J connectivity index is 2.74. The van der Waals surface area contributed by atoms with Gasteiger partial charge in [-0.1, -0.05) is 40.2 Å². The molecule has 0 radical (unpaired) electrons. The molecule has 14 heavy (non-hydrogen) atoms. The van der Waals surface area contributed by atoms with Crippen LogP contribution in [0, 0.1) is 0 Å². The van der Waals surface area contributed by atoms with Crippen LogP contribution in [-0.2, 0) is 4.79 Å². The van der Waals surface area contributed by atoms with Crippen molar-refractivity contribution in [3.8, 4) is 0 Å². The van der Waals surface area contributed by atoms with E-state index in [2.05, 4.69) is 21.2 Å². The summed E-state index contributed by atoms with van der Waals surface area (Å²) in [5.41, 5.74) is 0.832. The van der Waals surface area contributed by atoms with Crippen molar-refractivity contribution in [1.82, 2.24) is 0 Å². The third kappa shape index (κ3) is 1.51. The molecule has 1 amide bonds. The molecule has 1 N–H and O–H groups in total. The van der Waals surface area contributed by atoms with Crippen LogP contribution in [0.1, 0.15) is 0 Å². The third-order valence-corrected chi connectivity index (χ3v) is 2.78. The zero-order valence-electron chi connectivity index (χ0n) is 7.33. The van der Waals surface area contributed by atoms with Crippen LogP contribution in [0.2, 0.25) is 0 Å². The number of amides is 1. The standard InChI is InChI=1S/C11H8BrNO/c12-10-5-6-11(13-7-14)9-4-2-1-3-8(9)10/h1-7H,(H,13,14). The van der Waals surface area contributed by atoms with E-state index in [1.54, 1.807) is 0 Å². The maximum absolute atomic E-state index is 10.4. The van der Waals surface area contributed by atoms with E-state index in [4.69, 9.17) is 0 Å². The molecule has 0 saturated heterocycles. The number of hydrogen-bond acceptors (Lipinski definition) is 1. The summed E-state index contributed by atoms with van der Waals surface area (Å²) in [5.74, 6) is 0. The lowest BCUT2D eigenvalue weighted by atomic mass is 10.1. The number of carbonyl (C=O) groups is 1. The SMILES string of the molecule is O=CNc1ccc(Br)c2ccccc12. The molecule has 0 aliphatic carbocycles. The number of hydrogen-bond donors (Lipinski definition) is 1. The van der Waals surface area contributed by atoms with Gasteiger partial charge in [0.1, 0.15) is 0 Å². The predicted octanol–water partition coefficient (Wildman–Crippen LogP) is 3.17. The number of carbonyl (C=O) groups excluding carboxylic acids is 1. The lowest BCUT2D eigenvalue weighted by molar-refractivity contribution is -0.105. The Bertz CT molecular complexity index is 482. The first-order valence-corrected chi connectivity index (χ1v) is 4.99. The molecule has 3 heteroatoms. The summed E-state index contributed by atoms with van der Waals surface area (Å²) in [6.07, 6.45) is 0.690. The summed E-state index contributed by atoms with van der Waals surface area (Å²) in [6.45, 7) is 0. The molecular weight excluding hydrogens is 242 g/mol. The smallest absolute Gasteiger partial charge is 0.211 e. The molecule has 0 atom stereocenters. The van der Waals surface area contributed by atoms with Gasteiger partial charge in [0.05, 0.1) is 0 Å². The fourth-order valence-corrected chi connectivity index (χ4v) is 1.93. The Labute approximate surface area is 90.1 Å². The predicted molar refractivity (Wildman–Crippen MR) is 61.3 cm³/mol. The molecule has 2 rings (SSSR count). The molecule has 2 aromatic carbocycles. The second kappa shape index (κ2) is 3.80. The van der Waals surface area contributed by atoms with Crippen LogP contribution in [0.25, 0.3) is 10.8 Å². The van der Waals surface area contributed by atoms with E-state index in [9.17, 15) is 4.79 Å². The van der Waals surface area contributed by atoms with Crippen molar-refractivity contribution in [1.29, 1.82) is 0 Å². The maximum Gasteiger partial charge on any atom is 0.211 e. The van der Waals surface area contributed by atoms with Gasteiger partial charge in [0, 0.05) is 15.5 Å². The first-order chi connectivity index (χ1) is 6.83. The molecule has 0 bridgehead atoms. The molecule has 0 unspecified atom stereocenters. The Hall–Kier alpha value is -1.35. The van der Waals surface area contributed by atoms with Gasteiger partial charge in [-0.3, -0.25) is 4.79 Å². The molecule has 0 spiro atoms. The average molecular weight is 250 g/mol. The van der Waals surface area contributed by atoms with Crippen molar-refractivity contribution >= 4 is 38.8 Å². The highest BCUT2D eigenvalue weighted by molar-refractivity contribution is 9.10. The normalized spacial score (nSPS) is 10.1. The van der Waals surface area contributed by atoms with Gasteiger partial charge in [-0.25, -0.2) is 0 Å². The van der Waals surface area contributed by atoms with Gasteiger partial charge in [-0.15, -0.1) is 0 Å². The van der Waals surface area contributed by atoms with E-state index in [0.717, 1.165) is 20.9 Å². The number of fused-ring (bicyclic) bond motifs is 1. The van der Waals surface area contributed by atoms with Crippen LogP contribution < -0.4 is 5.32 Å². The fraction of sp³-hybridized carbons (Fsp3) is 0. The molecule has 0 aliphatic heterocycles. The summed E-state index contributed by atoms with van der Waals surface area (Å²) < 4.78 is 1.03. The molecule has 2 aromatic rings. The van der Waals surface area contributed by atoms with E-state index in [1.165, 1.54) is 0 Å². The van der Waals surface area contributed by atoms with Crippen molar-refractivity contribution in [2.24, 2.45) is 0 Å². The Kier molecular flexibility index (Phi) is 2.50. The van der Waals surface area contributed by atoms with Crippen LogP contribution in [0.5, 0.6) is 0 Å². The number of nitrogens with one attached hydrogen (secondary N) is 1. The van der Waals surface area contributed by atoms with Crippen LogP contribution in [0.3, 0.4) is 0 Å². The molecule has 0 fully saturated rings. The molecule has 0 heterocycles. The third-order valence-electron chi connectivity index (χ3n) is 2.09. The van der Waals surface area contributed by atoms with E-state index in [1.807, 2.05) is 36.4 Å². The lowest BCUT2D eigenvalue weighted by Crippen LogP contribution is -1.94. The molecule has 0 aliphatic rings. The lowest BCUT2D eigenvalue weighted by Gasteiger charge is -2.05. The summed E-state index contributed by atoms with van der Waals surface area (Å²) in [6, 6.07) is 11.7. The highest BCUT2D eigenvalue weighted by Crippen LogP contribution is 2.29. The van der Waals surface area contributed by atoms with Gasteiger partial charge in [-0.05, 0) is 17.5 Å². The van der Waals surface area contributed by atoms with Crippen LogP contribution >= 0.6 is 15.9 Å². The minimum Gasteiger partial charge on any atom is -0.328 e. The minimum absolute atomic E-state index is 0.690. The zero-order valence-corrected chi connectivity index (χ0v) is 8.91. The largest absolute Gasteiger partial charge is 0.328 e. The first-order valence-electron chi connectivity index (χ1n) is 4.20. The van der Waals surface area contributed by atoms with Crippen molar-refractivity contribution < 1.29 is 4.79 Å². The van der Waals surface area contributed by atoms with Crippen molar-refractivity contribution in [2.75, 3.05) is 5.32 Å². The topological polar surface area (TPSA) is 29.1 Å². The molecular formula is C11H8BrNO. The van der Waals surface area contributed by atoms with Gasteiger partial charge in [0.25, 0.3) is 0 Å². The fourth-order valence-electron chi connectivity index (χ4n) is 1.45. The van der Waals surface area contributed by atoms with E-state index in [0.29, 0.717) is 6.41 Å². The molecule has 2 nitrogen and oxygen atoms in total. The number of rotatable bonds is 2. The molecule has 70 valence electrons. The van der Waals surface area contributed by atoms with Gasteiger partial charge in [0.15, 0.2) is 0 Å². The summed E-state index contributed by atoms with van der Waals surface area (Å²) in [7, 11) is 0.